The summed E-state index contributed by atoms with van der Waals surface area (Å²) in [4.78, 5) is 23.9. The van der Waals surface area contributed by atoms with Crippen molar-refractivity contribution in [3.63, 3.8) is 0 Å². The summed E-state index contributed by atoms with van der Waals surface area (Å²) in [6.07, 6.45) is 2.06. The third kappa shape index (κ3) is 4.81. The minimum atomic E-state index is -1.12. The van der Waals surface area contributed by atoms with Gasteiger partial charge in [-0.2, -0.15) is 0 Å². The first-order valence-electron chi connectivity index (χ1n) is 8.62. The summed E-state index contributed by atoms with van der Waals surface area (Å²) >= 11 is 0. The zero-order valence-electron chi connectivity index (χ0n) is 14.8. The third-order valence-corrected chi connectivity index (χ3v) is 4.29. The second-order valence-electron chi connectivity index (χ2n) is 6.32. The van der Waals surface area contributed by atoms with Gasteiger partial charge in [0.05, 0.1) is 0 Å². The van der Waals surface area contributed by atoms with Crippen LogP contribution in [-0.2, 0) is 27.2 Å². The van der Waals surface area contributed by atoms with Gasteiger partial charge in [0.1, 0.15) is 5.75 Å². The second kappa shape index (κ2) is 8.16. The Hall–Kier alpha value is -2.96. The highest BCUT2D eigenvalue weighted by molar-refractivity contribution is 5.95. The van der Waals surface area contributed by atoms with E-state index < -0.39 is 29.6 Å². The lowest BCUT2D eigenvalue weighted by Crippen LogP contribution is -2.31. The van der Waals surface area contributed by atoms with Crippen LogP contribution in [0.1, 0.15) is 24.5 Å². The fraction of sp³-hybridized carbons (Fsp3) is 0.300. The molecule has 3 rings (SSSR count). The number of nitrogens with one attached hydrogen (secondary N) is 1. The van der Waals surface area contributed by atoms with Gasteiger partial charge in [0.25, 0.3) is 5.91 Å². The molecule has 1 atom stereocenters. The van der Waals surface area contributed by atoms with Crippen LogP contribution in [0.15, 0.2) is 36.4 Å². The standard InChI is InChI=1S/C20H19F2NO4/c1-12(20(25)23-15-6-8-17(21)18(22)10-15)27-19(24)11-26-16-7-5-13-3-2-4-14(13)9-16/h5-10,12H,2-4,11H2,1H3,(H,23,25)/t12-/m1/s1. The molecule has 1 amide bonds. The monoisotopic (exact) mass is 375 g/mol. The van der Waals surface area contributed by atoms with Gasteiger partial charge in [-0.1, -0.05) is 6.07 Å². The molecule has 2 aromatic carbocycles. The van der Waals surface area contributed by atoms with Gasteiger partial charge >= 0.3 is 5.97 Å². The van der Waals surface area contributed by atoms with Gasteiger partial charge in [0.2, 0.25) is 0 Å². The van der Waals surface area contributed by atoms with Crippen LogP contribution in [0.25, 0.3) is 0 Å². The van der Waals surface area contributed by atoms with Crippen molar-refractivity contribution in [3.05, 3.63) is 59.2 Å². The van der Waals surface area contributed by atoms with Crippen LogP contribution in [0.4, 0.5) is 14.5 Å². The van der Waals surface area contributed by atoms with E-state index in [0.717, 1.165) is 31.4 Å². The highest BCUT2D eigenvalue weighted by Gasteiger charge is 2.19. The second-order valence-corrected chi connectivity index (χ2v) is 6.32. The van der Waals surface area contributed by atoms with Crippen molar-refractivity contribution in [2.75, 3.05) is 11.9 Å². The highest BCUT2D eigenvalue weighted by atomic mass is 19.2. The molecule has 0 fully saturated rings. The molecule has 0 unspecified atom stereocenters. The SMILES string of the molecule is C[C@@H](OC(=O)COc1ccc2c(c1)CCC2)C(=O)Nc1ccc(F)c(F)c1. The first-order chi connectivity index (χ1) is 12.9. The lowest BCUT2D eigenvalue weighted by molar-refractivity contribution is -0.155. The smallest absolute Gasteiger partial charge is 0.344 e. The quantitative estimate of drug-likeness (QED) is 0.786. The summed E-state index contributed by atoms with van der Waals surface area (Å²) in [7, 11) is 0. The van der Waals surface area contributed by atoms with E-state index in [0.29, 0.717) is 5.75 Å². The van der Waals surface area contributed by atoms with Crippen molar-refractivity contribution in [1.82, 2.24) is 0 Å². The van der Waals surface area contributed by atoms with Gasteiger partial charge in [-0.05, 0) is 61.6 Å². The van der Waals surface area contributed by atoms with E-state index in [1.807, 2.05) is 12.1 Å². The molecule has 0 spiro atoms. The fourth-order valence-electron chi connectivity index (χ4n) is 2.88. The Morgan fingerprint density at radius 3 is 2.63 bits per heavy atom. The Bertz CT molecular complexity index is 869. The average Bonchev–Trinajstić information content (AvgIpc) is 3.10. The van der Waals surface area contributed by atoms with Crippen LogP contribution in [0, 0.1) is 11.6 Å². The topological polar surface area (TPSA) is 64.6 Å². The van der Waals surface area contributed by atoms with Crippen molar-refractivity contribution >= 4 is 17.6 Å². The number of rotatable bonds is 6. The molecule has 1 aliphatic rings. The van der Waals surface area contributed by atoms with Gasteiger partial charge in [0, 0.05) is 11.8 Å². The first kappa shape index (κ1) is 18.8. The van der Waals surface area contributed by atoms with Crippen LogP contribution in [0.2, 0.25) is 0 Å². The highest BCUT2D eigenvalue weighted by Crippen LogP contribution is 2.26. The number of carbonyl (C=O) groups excluding carboxylic acids is 2. The molecule has 2 aromatic rings. The van der Waals surface area contributed by atoms with Gasteiger partial charge < -0.3 is 14.8 Å². The average molecular weight is 375 g/mol. The van der Waals surface area contributed by atoms with E-state index in [9.17, 15) is 18.4 Å². The van der Waals surface area contributed by atoms with Crippen molar-refractivity contribution in [2.24, 2.45) is 0 Å². The molecule has 142 valence electrons. The van der Waals surface area contributed by atoms with Gasteiger partial charge in [-0.3, -0.25) is 4.79 Å². The Morgan fingerprint density at radius 2 is 1.85 bits per heavy atom. The summed E-state index contributed by atoms with van der Waals surface area (Å²) in [5, 5.41) is 2.35. The van der Waals surface area contributed by atoms with E-state index in [-0.39, 0.29) is 12.3 Å². The lowest BCUT2D eigenvalue weighted by atomic mass is 10.1. The molecule has 0 saturated carbocycles. The zero-order chi connectivity index (χ0) is 19.4. The van der Waals surface area contributed by atoms with E-state index in [4.69, 9.17) is 9.47 Å². The third-order valence-electron chi connectivity index (χ3n) is 4.29. The molecular weight excluding hydrogens is 356 g/mol. The molecule has 0 heterocycles. The summed E-state index contributed by atoms with van der Waals surface area (Å²) in [5.74, 6) is -2.89. The molecular formula is C20H19F2NO4. The molecule has 0 aromatic heterocycles. The van der Waals surface area contributed by atoms with Crippen LogP contribution < -0.4 is 10.1 Å². The number of fused-ring (bicyclic) bond motifs is 1. The number of halogens is 2. The summed E-state index contributed by atoms with van der Waals surface area (Å²) < 4.78 is 36.5. The summed E-state index contributed by atoms with van der Waals surface area (Å²) in [5.41, 5.74) is 2.59. The van der Waals surface area contributed by atoms with Crippen molar-refractivity contribution in [2.45, 2.75) is 32.3 Å². The van der Waals surface area contributed by atoms with Crippen molar-refractivity contribution in [3.8, 4) is 5.75 Å². The first-order valence-corrected chi connectivity index (χ1v) is 8.62. The Labute approximate surface area is 155 Å². The minimum absolute atomic E-state index is 0.0659. The Balaban J connectivity index is 1.48. The summed E-state index contributed by atoms with van der Waals surface area (Å²) in [6, 6.07) is 8.65. The maximum Gasteiger partial charge on any atom is 0.344 e. The van der Waals surface area contributed by atoms with E-state index in [2.05, 4.69) is 5.32 Å². The molecule has 0 bridgehead atoms. The lowest BCUT2D eigenvalue weighted by Gasteiger charge is -2.14. The molecule has 0 saturated heterocycles. The van der Waals surface area contributed by atoms with E-state index in [1.54, 1.807) is 6.07 Å². The van der Waals surface area contributed by atoms with Crippen molar-refractivity contribution < 1.29 is 27.8 Å². The number of hydrogen-bond acceptors (Lipinski definition) is 4. The number of hydrogen-bond donors (Lipinski definition) is 1. The van der Waals surface area contributed by atoms with Gasteiger partial charge in [-0.25, -0.2) is 13.6 Å². The minimum Gasteiger partial charge on any atom is -0.482 e. The molecule has 1 N–H and O–H groups in total. The molecule has 0 aliphatic heterocycles. The Morgan fingerprint density at radius 1 is 1.07 bits per heavy atom. The number of amides is 1. The maximum atomic E-state index is 13.2. The normalized spacial score (nSPS) is 13.6. The zero-order valence-corrected chi connectivity index (χ0v) is 14.8. The Kier molecular flexibility index (Phi) is 5.69. The largest absolute Gasteiger partial charge is 0.482 e. The predicted octanol–water partition coefficient (Wildman–Crippen LogP) is 3.40. The fourth-order valence-corrected chi connectivity index (χ4v) is 2.88. The van der Waals surface area contributed by atoms with E-state index in [1.165, 1.54) is 24.1 Å². The van der Waals surface area contributed by atoms with Crippen LogP contribution in [-0.4, -0.2) is 24.6 Å². The molecule has 7 heteroatoms. The van der Waals surface area contributed by atoms with Gasteiger partial charge in [0.15, 0.2) is 24.3 Å². The van der Waals surface area contributed by atoms with Crippen LogP contribution >= 0.6 is 0 Å². The number of anilines is 1. The van der Waals surface area contributed by atoms with Crippen LogP contribution in [0.3, 0.4) is 0 Å². The number of esters is 1. The molecule has 0 radical (unpaired) electrons. The maximum absolute atomic E-state index is 13.2. The number of carbonyl (C=O) groups is 2. The van der Waals surface area contributed by atoms with E-state index >= 15 is 0 Å². The number of aryl methyl sites for hydroxylation is 2. The van der Waals surface area contributed by atoms with Crippen molar-refractivity contribution in [1.29, 1.82) is 0 Å². The molecule has 1 aliphatic carbocycles. The summed E-state index contributed by atoms with van der Waals surface area (Å²) in [6.45, 7) is 1.05. The predicted molar refractivity (Wildman–Crippen MR) is 94.5 cm³/mol. The van der Waals surface area contributed by atoms with Gasteiger partial charge in [-0.15, -0.1) is 0 Å². The molecule has 5 nitrogen and oxygen atoms in total. The number of ether oxygens (including phenoxy) is 2. The van der Waals surface area contributed by atoms with Crippen LogP contribution in [0.5, 0.6) is 5.75 Å². The number of benzene rings is 2. The molecule has 27 heavy (non-hydrogen) atoms.